The molecule has 3 aromatic rings. The van der Waals surface area contributed by atoms with Gasteiger partial charge in [0.1, 0.15) is 0 Å². The van der Waals surface area contributed by atoms with Crippen molar-refractivity contribution in [2.75, 3.05) is 31.5 Å². The van der Waals surface area contributed by atoms with Gasteiger partial charge in [0.2, 0.25) is 0 Å². The molecular weight excluding hydrogens is 406 g/mol. The number of amides is 2. The van der Waals surface area contributed by atoms with Gasteiger partial charge >= 0.3 is 6.03 Å². The zero-order valence-electron chi connectivity index (χ0n) is 18.8. The first-order chi connectivity index (χ1) is 16.3. The van der Waals surface area contributed by atoms with Gasteiger partial charge in [-0.05, 0) is 52.8 Å². The molecular formula is C29H29N3O. The van der Waals surface area contributed by atoms with E-state index in [4.69, 9.17) is 0 Å². The fraction of sp³-hybridized carbons (Fsp3) is 0.207. The summed E-state index contributed by atoms with van der Waals surface area (Å²) in [6, 6.07) is 26.8. The Morgan fingerprint density at radius 3 is 1.97 bits per heavy atom. The maximum atomic E-state index is 12.1. The van der Waals surface area contributed by atoms with Crippen LogP contribution in [0.3, 0.4) is 0 Å². The molecule has 0 radical (unpaired) electrons. The van der Waals surface area contributed by atoms with E-state index in [1.165, 1.54) is 33.4 Å². The van der Waals surface area contributed by atoms with E-state index in [-0.39, 0.29) is 6.03 Å². The molecule has 2 aliphatic rings. The van der Waals surface area contributed by atoms with E-state index >= 15 is 0 Å². The van der Waals surface area contributed by atoms with Gasteiger partial charge in [0.15, 0.2) is 0 Å². The number of nitrogens with zero attached hydrogens (tertiary/aromatic N) is 1. The standard InChI is InChI=1S/C29H29N3O/c33-29(31-25-10-2-1-3-11-25)30-18-21-32-19-16-24(17-20-32)28-26-12-6-4-8-22(26)14-15-23-9-5-7-13-27(23)28/h1-15H,16-21H2,(H2,30,31,33). The Balaban J connectivity index is 1.24. The van der Waals surface area contributed by atoms with Crippen LogP contribution in [0.4, 0.5) is 10.5 Å². The van der Waals surface area contributed by atoms with E-state index in [1.807, 2.05) is 30.3 Å². The van der Waals surface area contributed by atoms with Gasteiger partial charge in [-0.2, -0.15) is 0 Å². The van der Waals surface area contributed by atoms with E-state index in [9.17, 15) is 4.79 Å². The fourth-order valence-electron chi connectivity index (χ4n) is 4.77. The molecule has 0 saturated carbocycles. The van der Waals surface area contributed by atoms with Crippen LogP contribution in [0.1, 0.15) is 35.1 Å². The van der Waals surface area contributed by atoms with Gasteiger partial charge in [-0.3, -0.25) is 0 Å². The number of hydrogen-bond acceptors (Lipinski definition) is 2. The number of piperidine rings is 1. The first-order valence-electron chi connectivity index (χ1n) is 11.7. The smallest absolute Gasteiger partial charge is 0.319 e. The zero-order valence-corrected chi connectivity index (χ0v) is 18.8. The lowest BCUT2D eigenvalue weighted by molar-refractivity contribution is 0.240. The quantitative estimate of drug-likeness (QED) is 0.420. The molecule has 1 aliphatic carbocycles. The van der Waals surface area contributed by atoms with E-state index in [0.29, 0.717) is 6.54 Å². The lowest BCUT2D eigenvalue weighted by Gasteiger charge is -2.30. The van der Waals surface area contributed by atoms with Crippen molar-refractivity contribution in [1.82, 2.24) is 10.2 Å². The van der Waals surface area contributed by atoms with Crippen LogP contribution in [0, 0.1) is 0 Å². The number of benzene rings is 3. The zero-order chi connectivity index (χ0) is 22.5. The average molecular weight is 436 g/mol. The lowest BCUT2D eigenvalue weighted by Crippen LogP contribution is -2.39. The molecule has 2 N–H and O–H groups in total. The van der Waals surface area contributed by atoms with Crippen LogP contribution < -0.4 is 10.6 Å². The van der Waals surface area contributed by atoms with Crippen molar-refractivity contribution < 1.29 is 4.79 Å². The third-order valence-electron chi connectivity index (χ3n) is 6.46. The number of carbonyl (C=O) groups is 1. The minimum Gasteiger partial charge on any atom is -0.337 e. The molecule has 1 heterocycles. The molecule has 4 nitrogen and oxygen atoms in total. The number of likely N-dealkylation sites (tertiary alicyclic amines) is 1. The Labute approximate surface area is 195 Å². The van der Waals surface area contributed by atoms with Gasteiger partial charge in [0.05, 0.1) is 0 Å². The number of fused-ring (bicyclic) bond motifs is 2. The molecule has 1 saturated heterocycles. The van der Waals surface area contributed by atoms with Crippen LogP contribution in [0.25, 0.3) is 17.7 Å². The Hall–Kier alpha value is -3.63. The summed E-state index contributed by atoms with van der Waals surface area (Å²) in [5, 5.41) is 5.85. The second kappa shape index (κ2) is 9.88. The number of anilines is 1. The topological polar surface area (TPSA) is 44.4 Å². The number of urea groups is 1. The molecule has 0 bridgehead atoms. The maximum Gasteiger partial charge on any atom is 0.319 e. The molecule has 4 heteroatoms. The molecule has 3 aromatic carbocycles. The van der Waals surface area contributed by atoms with E-state index in [0.717, 1.165) is 38.2 Å². The van der Waals surface area contributed by atoms with Crippen LogP contribution >= 0.6 is 0 Å². The predicted octanol–water partition coefficient (Wildman–Crippen LogP) is 5.89. The molecule has 1 aliphatic heterocycles. The van der Waals surface area contributed by atoms with E-state index in [2.05, 4.69) is 76.2 Å². The molecule has 33 heavy (non-hydrogen) atoms. The Morgan fingerprint density at radius 2 is 1.33 bits per heavy atom. The summed E-state index contributed by atoms with van der Waals surface area (Å²) in [4.78, 5) is 14.6. The van der Waals surface area contributed by atoms with E-state index < -0.39 is 0 Å². The van der Waals surface area contributed by atoms with Crippen LogP contribution in [-0.4, -0.2) is 37.1 Å². The second-order valence-corrected chi connectivity index (χ2v) is 8.57. The highest BCUT2D eigenvalue weighted by atomic mass is 16.2. The summed E-state index contributed by atoms with van der Waals surface area (Å²) in [6.07, 6.45) is 6.58. The first-order valence-corrected chi connectivity index (χ1v) is 11.7. The SMILES string of the molecule is O=C(NCCN1CCC(=C2c3ccccc3C=Cc3ccccc32)CC1)Nc1ccccc1. The lowest BCUT2D eigenvalue weighted by atomic mass is 9.86. The third-order valence-corrected chi connectivity index (χ3v) is 6.46. The van der Waals surface area contributed by atoms with Crippen molar-refractivity contribution in [1.29, 1.82) is 0 Å². The molecule has 0 atom stereocenters. The number of rotatable bonds is 4. The fourth-order valence-corrected chi connectivity index (χ4v) is 4.77. The van der Waals surface area contributed by atoms with Crippen molar-refractivity contribution in [3.63, 3.8) is 0 Å². The second-order valence-electron chi connectivity index (χ2n) is 8.57. The molecule has 0 aromatic heterocycles. The molecule has 0 spiro atoms. The molecule has 1 fully saturated rings. The average Bonchev–Trinajstić information content (AvgIpc) is 3.02. The number of nitrogens with one attached hydrogen (secondary N) is 2. The van der Waals surface area contributed by atoms with Gasteiger partial charge in [-0.1, -0.05) is 84.5 Å². The van der Waals surface area contributed by atoms with Crippen molar-refractivity contribution >= 4 is 29.4 Å². The molecule has 2 amide bonds. The minimum absolute atomic E-state index is 0.153. The number of carbonyl (C=O) groups excluding carboxylic acids is 1. The largest absolute Gasteiger partial charge is 0.337 e. The molecule has 0 unspecified atom stereocenters. The highest BCUT2D eigenvalue weighted by Crippen LogP contribution is 2.38. The number of hydrogen-bond donors (Lipinski definition) is 2. The van der Waals surface area contributed by atoms with Gasteiger partial charge in [-0.25, -0.2) is 4.79 Å². The summed E-state index contributed by atoms with van der Waals surface area (Å²) >= 11 is 0. The Kier molecular flexibility index (Phi) is 6.36. The number of para-hydroxylation sites is 1. The molecule has 5 rings (SSSR count). The summed E-state index contributed by atoms with van der Waals surface area (Å²) in [6.45, 7) is 3.52. The first kappa shape index (κ1) is 21.2. The van der Waals surface area contributed by atoms with E-state index in [1.54, 1.807) is 0 Å². The Bertz CT molecular complexity index is 1130. The highest BCUT2D eigenvalue weighted by molar-refractivity contribution is 5.95. The summed E-state index contributed by atoms with van der Waals surface area (Å²) < 4.78 is 0. The van der Waals surface area contributed by atoms with Gasteiger partial charge in [-0.15, -0.1) is 0 Å². The normalized spacial score (nSPS) is 15.4. The Morgan fingerprint density at radius 1 is 0.758 bits per heavy atom. The third kappa shape index (κ3) is 4.91. The van der Waals surface area contributed by atoms with Crippen LogP contribution in [0.15, 0.2) is 84.4 Å². The van der Waals surface area contributed by atoms with Crippen LogP contribution in [-0.2, 0) is 0 Å². The van der Waals surface area contributed by atoms with Gasteiger partial charge in [0.25, 0.3) is 0 Å². The van der Waals surface area contributed by atoms with Gasteiger partial charge in [0, 0.05) is 31.9 Å². The van der Waals surface area contributed by atoms with Crippen LogP contribution in [0.2, 0.25) is 0 Å². The van der Waals surface area contributed by atoms with Crippen molar-refractivity contribution in [3.8, 4) is 0 Å². The summed E-state index contributed by atoms with van der Waals surface area (Å²) in [7, 11) is 0. The van der Waals surface area contributed by atoms with Crippen molar-refractivity contribution in [2.45, 2.75) is 12.8 Å². The van der Waals surface area contributed by atoms with Crippen LogP contribution in [0.5, 0.6) is 0 Å². The van der Waals surface area contributed by atoms with Crippen molar-refractivity contribution in [2.24, 2.45) is 0 Å². The highest BCUT2D eigenvalue weighted by Gasteiger charge is 2.22. The van der Waals surface area contributed by atoms with Crippen molar-refractivity contribution in [3.05, 3.63) is 107 Å². The maximum absolute atomic E-state index is 12.1. The predicted molar refractivity (Wildman–Crippen MR) is 137 cm³/mol. The monoisotopic (exact) mass is 435 g/mol. The summed E-state index contributed by atoms with van der Waals surface area (Å²) in [5.74, 6) is 0. The minimum atomic E-state index is -0.153. The molecule has 166 valence electrons. The summed E-state index contributed by atoms with van der Waals surface area (Å²) in [5.41, 5.74) is 8.99. The van der Waals surface area contributed by atoms with Gasteiger partial charge < -0.3 is 15.5 Å².